The van der Waals surface area contributed by atoms with Crippen LogP contribution in [0.25, 0.3) is 11.1 Å². The molecule has 0 aromatic heterocycles. The third-order valence-electron chi connectivity index (χ3n) is 3.27. The van der Waals surface area contributed by atoms with E-state index in [4.69, 9.17) is 0 Å². The monoisotopic (exact) mass is 240 g/mol. The fourth-order valence-corrected chi connectivity index (χ4v) is 2.00. The summed E-state index contributed by atoms with van der Waals surface area (Å²) in [7, 11) is 0. The quantitative estimate of drug-likeness (QED) is 0.845. The van der Waals surface area contributed by atoms with Crippen LogP contribution in [0.2, 0.25) is 0 Å². The molecular formula is C17H20O. The molecule has 1 atom stereocenters. The van der Waals surface area contributed by atoms with Crippen molar-refractivity contribution in [3.63, 3.8) is 0 Å². The second-order valence-corrected chi connectivity index (χ2v) is 5.18. The highest BCUT2D eigenvalue weighted by Gasteiger charge is 2.11. The first kappa shape index (κ1) is 12.8. The molecule has 1 nitrogen and oxygen atoms in total. The summed E-state index contributed by atoms with van der Waals surface area (Å²) in [5, 5.41) is 10.00. The topological polar surface area (TPSA) is 20.2 Å². The number of hydrogen-bond acceptors (Lipinski definition) is 1. The second kappa shape index (κ2) is 5.36. The molecule has 1 unspecified atom stereocenters. The molecule has 0 saturated heterocycles. The number of aliphatic hydroxyl groups is 1. The molecule has 18 heavy (non-hydrogen) atoms. The minimum Gasteiger partial charge on any atom is -0.388 e. The van der Waals surface area contributed by atoms with Crippen molar-refractivity contribution in [3.8, 4) is 11.1 Å². The molecule has 2 rings (SSSR count). The summed E-state index contributed by atoms with van der Waals surface area (Å²) in [6.45, 7) is 6.14. The predicted molar refractivity (Wildman–Crippen MR) is 76.4 cm³/mol. The maximum absolute atomic E-state index is 10.00. The van der Waals surface area contributed by atoms with Crippen molar-refractivity contribution < 1.29 is 5.11 Å². The summed E-state index contributed by atoms with van der Waals surface area (Å²) in [5.74, 6) is 0.246. The Balaban J connectivity index is 2.24. The van der Waals surface area contributed by atoms with Crippen LogP contribution < -0.4 is 0 Å². The summed E-state index contributed by atoms with van der Waals surface area (Å²) >= 11 is 0. The van der Waals surface area contributed by atoms with Crippen LogP contribution in [0.3, 0.4) is 0 Å². The molecule has 1 heteroatoms. The van der Waals surface area contributed by atoms with Crippen LogP contribution in [0.15, 0.2) is 48.5 Å². The Hall–Kier alpha value is -1.60. The van der Waals surface area contributed by atoms with E-state index in [1.165, 1.54) is 16.7 Å². The third-order valence-corrected chi connectivity index (χ3v) is 3.27. The first-order valence-corrected chi connectivity index (χ1v) is 6.43. The van der Waals surface area contributed by atoms with Gasteiger partial charge in [0.05, 0.1) is 6.10 Å². The zero-order valence-corrected chi connectivity index (χ0v) is 11.2. The minimum absolute atomic E-state index is 0.246. The van der Waals surface area contributed by atoms with Gasteiger partial charge < -0.3 is 5.11 Å². The highest BCUT2D eigenvalue weighted by molar-refractivity contribution is 5.63. The van der Waals surface area contributed by atoms with E-state index in [9.17, 15) is 5.11 Å². The van der Waals surface area contributed by atoms with E-state index in [1.54, 1.807) is 0 Å². The van der Waals surface area contributed by atoms with E-state index < -0.39 is 0 Å². The summed E-state index contributed by atoms with van der Waals surface area (Å²) < 4.78 is 0. The Kier molecular flexibility index (Phi) is 3.83. The average Bonchev–Trinajstić information content (AvgIpc) is 2.39. The van der Waals surface area contributed by atoms with Gasteiger partial charge >= 0.3 is 0 Å². The van der Waals surface area contributed by atoms with Gasteiger partial charge in [-0.2, -0.15) is 0 Å². The van der Waals surface area contributed by atoms with Gasteiger partial charge in [0.2, 0.25) is 0 Å². The molecular weight excluding hydrogens is 220 g/mol. The van der Waals surface area contributed by atoms with Crippen molar-refractivity contribution in [1.29, 1.82) is 0 Å². The van der Waals surface area contributed by atoms with Crippen LogP contribution >= 0.6 is 0 Å². The van der Waals surface area contributed by atoms with Crippen LogP contribution in [0.5, 0.6) is 0 Å². The first-order chi connectivity index (χ1) is 8.58. The Morgan fingerprint density at radius 1 is 0.778 bits per heavy atom. The molecule has 0 spiro atoms. The molecule has 94 valence electrons. The Morgan fingerprint density at radius 3 is 1.67 bits per heavy atom. The standard InChI is InChI=1S/C17H20O/c1-12(2)17(18)16-10-8-15(9-11-16)14-6-4-13(3)5-7-14/h4-12,17-18H,1-3H3. The number of aliphatic hydroxyl groups excluding tert-OH is 1. The van der Waals surface area contributed by atoms with Crippen molar-refractivity contribution in [2.75, 3.05) is 0 Å². The van der Waals surface area contributed by atoms with E-state index in [-0.39, 0.29) is 12.0 Å². The second-order valence-electron chi connectivity index (χ2n) is 5.18. The molecule has 0 radical (unpaired) electrons. The van der Waals surface area contributed by atoms with Crippen LogP contribution in [-0.2, 0) is 0 Å². The summed E-state index contributed by atoms with van der Waals surface area (Å²) in [6, 6.07) is 16.7. The van der Waals surface area contributed by atoms with E-state index in [1.807, 2.05) is 26.0 Å². The van der Waals surface area contributed by atoms with Gasteiger partial charge in [0.1, 0.15) is 0 Å². The van der Waals surface area contributed by atoms with Gasteiger partial charge in [0.25, 0.3) is 0 Å². The zero-order valence-electron chi connectivity index (χ0n) is 11.2. The van der Waals surface area contributed by atoms with Gasteiger partial charge in [-0.1, -0.05) is 67.9 Å². The molecule has 2 aromatic carbocycles. The number of rotatable bonds is 3. The lowest BCUT2D eigenvalue weighted by Crippen LogP contribution is -2.04. The maximum atomic E-state index is 10.00. The lowest BCUT2D eigenvalue weighted by Gasteiger charge is -2.15. The summed E-state index contributed by atoms with van der Waals surface area (Å²) in [5.41, 5.74) is 4.66. The third kappa shape index (κ3) is 2.80. The normalized spacial score (nSPS) is 12.7. The number of benzene rings is 2. The van der Waals surface area contributed by atoms with Crippen molar-refractivity contribution in [3.05, 3.63) is 59.7 Å². The van der Waals surface area contributed by atoms with Gasteiger partial charge in [-0.05, 0) is 29.5 Å². The van der Waals surface area contributed by atoms with Gasteiger partial charge in [-0.3, -0.25) is 0 Å². The van der Waals surface area contributed by atoms with E-state index in [2.05, 4.69) is 43.3 Å². The summed E-state index contributed by atoms with van der Waals surface area (Å²) in [6.07, 6.45) is -0.378. The van der Waals surface area contributed by atoms with Gasteiger partial charge in [0, 0.05) is 0 Å². The van der Waals surface area contributed by atoms with Crippen molar-refractivity contribution in [1.82, 2.24) is 0 Å². The Labute approximate surface area is 109 Å². The number of aryl methyl sites for hydroxylation is 1. The van der Waals surface area contributed by atoms with Crippen molar-refractivity contribution in [2.24, 2.45) is 5.92 Å². The smallest absolute Gasteiger partial charge is 0.0812 e. The highest BCUT2D eigenvalue weighted by Crippen LogP contribution is 2.25. The zero-order chi connectivity index (χ0) is 13.1. The van der Waals surface area contributed by atoms with E-state index >= 15 is 0 Å². The van der Waals surface area contributed by atoms with Crippen molar-refractivity contribution in [2.45, 2.75) is 26.9 Å². The lowest BCUT2D eigenvalue weighted by atomic mass is 9.96. The van der Waals surface area contributed by atoms with Gasteiger partial charge in [0.15, 0.2) is 0 Å². The first-order valence-electron chi connectivity index (χ1n) is 6.43. The Bertz CT molecular complexity index is 494. The van der Waals surface area contributed by atoms with Crippen molar-refractivity contribution >= 4 is 0 Å². The molecule has 0 amide bonds. The predicted octanol–water partition coefficient (Wildman–Crippen LogP) is 4.35. The fourth-order valence-electron chi connectivity index (χ4n) is 2.00. The van der Waals surface area contributed by atoms with Gasteiger partial charge in [-0.15, -0.1) is 0 Å². The summed E-state index contributed by atoms with van der Waals surface area (Å²) in [4.78, 5) is 0. The molecule has 0 fully saturated rings. The largest absolute Gasteiger partial charge is 0.388 e. The van der Waals surface area contributed by atoms with Gasteiger partial charge in [-0.25, -0.2) is 0 Å². The molecule has 0 heterocycles. The fraction of sp³-hybridized carbons (Fsp3) is 0.294. The molecule has 1 N–H and O–H groups in total. The molecule has 0 aliphatic rings. The molecule has 0 aliphatic heterocycles. The average molecular weight is 240 g/mol. The SMILES string of the molecule is Cc1ccc(-c2ccc(C(O)C(C)C)cc2)cc1. The number of hydrogen-bond donors (Lipinski definition) is 1. The molecule has 2 aromatic rings. The van der Waals surface area contributed by atoms with Crippen LogP contribution in [0.1, 0.15) is 31.1 Å². The molecule has 0 aliphatic carbocycles. The van der Waals surface area contributed by atoms with E-state index in [0.717, 1.165) is 5.56 Å². The highest BCUT2D eigenvalue weighted by atomic mass is 16.3. The van der Waals surface area contributed by atoms with E-state index in [0.29, 0.717) is 0 Å². The van der Waals surface area contributed by atoms with Crippen LogP contribution in [0, 0.1) is 12.8 Å². The maximum Gasteiger partial charge on any atom is 0.0812 e. The molecule has 0 bridgehead atoms. The van der Waals surface area contributed by atoms with Crippen LogP contribution in [0.4, 0.5) is 0 Å². The minimum atomic E-state index is -0.378. The molecule has 0 saturated carbocycles. The van der Waals surface area contributed by atoms with Crippen LogP contribution in [-0.4, -0.2) is 5.11 Å². The Morgan fingerprint density at radius 2 is 1.22 bits per heavy atom. The lowest BCUT2D eigenvalue weighted by molar-refractivity contribution is 0.127.